The van der Waals surface area contributed by atoms with Crippen LogP contribution in [0.5, 0.6) is 0 Å². The molecular weight excluding hydrogens is 290 g/mol. The maximum Gasteiger partial charge on any atom is 0.211 e. The maximum atomic E-state index is 3.46. The molecular formula is C23H16N+. The predicted molar refractivity (Wildman–Crippen MR) is 101 cm³/mol. The van der Waals surface area contributed by atoms with Gasteiger partial charge < -0.3 is 0 Å². The Kier molecular flexibility index (Phi) is 2.86. The summed E-state index contributed by atoms with van der Waals surface area (Å²) in [7, 11) is 0. The summed E-state index contributed by atoms with van der Waals surface area (Å²) in [5.74, 6) is 0. The topological polar surface area (TPSA) is 14.1 Å². The van der Waals surface area contributed by atoms with E-state index >= 15 is 0 Å². The van der Waals surface area contributed by atoms with Gasteiger partial charge in [-0.05, 0) is 39.7 Å². The maximum absolute atomic E-state index is 3.46. The van der Waals surface area contributed by atoms with Gasteiger partial charge in [-0.1, -0.05) is 60.7 Å². The highest BCUT2D eigenvalue weighted by molar-refractivity contribution is 6.07. The number of benzene rings is 4. The molecule has 112 valence electrons. The quantitative estimate of drug-likeness (QED) is 0.356. The molecule has 5 rings (SSSR count). The Morgan fingerprint density at radius 2 is 1.21 bits per heavy atom. The van der Waals surface area contributed by atoms with Crippen molar-refractivity contribution in [1.82, 2.24) is 0 Å². The molecule has 1 heteroatoms. The van der Waals surface area contributed by atoms with Crippen molar-refractivity contribution in [3.63, 3.8) is 0 Å². The van der Waals surface area contributed by atoms with Crippen molar-refractivity contribution >= 4 is 32.3 Å². The van der Waals surface area contributed by atoms with E-state index in [-0.39, 0.29) is 0 Å². The third-order valence-corrected chi connectivity index (χ3v) is 4.74. The average Bonchev–Trinajstić information content (AvgIpc) is 2.67. The van der Waals surface area contributed by atoms with E-state index in [1.54, 1.807) is 0 Å². The highest BCUT2D eigenvalue weighted by Crippen LogP contribution is 2.28. The third kappa shape index (κ3) is 2.06. The van der Waals surface area contributed by atoms with Gasteiger partial charge in [0.15, 0.2) is 6.20 Å². The minimum atomic E-state index is 1.14. The second-order valence-corrected chi connectivity index (χ2v) is 6.20. The summed E-state index contributed by atoms with van der Waals surface area (Å²) in [5, 5.41) is 7.63. The van der Waals surface area contributed by atoms with Crippen molar-refractivity contribution in [3.05, 3.63) is 91.1 Å². The lowest BCUT2D eigenvalue weighted by molar-refractivity contribution is -0.362. The van der Waals surface area contributed by atoms with Gasteiger partial charge in [0, 0.05) is 22.4 Å². The standard InChI is InChI=1S/C23H15N/c1-2-7-18-13-19(11-9-16(18)5-1)23-14-22-20(15-24-23)12-10-17-6-3-4-8-21(17)22/h1-15H/p+1. The molecule has 4 aromatic carbocycles. The van der Waals surface area contributed by atoms with Crippen LogP contribution in [0, 0.1) is 0 Å². The molecule has 24 heavy (non-hydrogen) atoms. The van der Waals surface area contributed by atoms with Gasteiger partial charge in [-0.3, -0.25) is 0 Å². The Morgan fingerprint density at radius 1 is 0.500 bits per heavy atom. The SMILES string of the molecule is c1ccc2cc(-c3cc4c(ccc5ccccc54)c[nH+]3)ccc2c1. The lowest BCUT2D eigenvalue weighted by Crippen LogP contribution is -2.05. The molecule has 0 saturated heterocycles. The second-order valence-electron chi connectivity index (χ2n) is 6.20. The number of hydrogen-bond acceptors (Lipinski definition) is 0. The van der Waals surface area contributed by atoms with Crippen LogP contribution in [-0.2, 0) is 0 Å². The molecule has 0 aliphatic rings. The molecule has 0 bridgehead atoms. The molecule has 0 radical (unpaired) electrons. The number of fused-ring (bicyclic) bond motifs is 4. The van der Waals surface area contributed by atoms with Crippen LogP contribution in [0.4, 0.5) is 0 Å². The minimum absolute atomic E-state index is 1.14. The van der Waals surface area contributed by atoms with E-state index in [1.165, 1.54) is 37.9 Å². The zero-order chi connectivity index (χ0) is 15.9. The van der Waals surface area contributed by atoms with E-state index < -0.39 is 0 Å². The van der Waals surface area contributed by atoms with Gasteiger partial charge in [0.2, 0.25) is 5.69 Å². The summed E-state index contributed by atoms with van der Waals surface area (Å²) in [6.45, 7) is 0. The van der Waals surface area contributed by atoms with Crippen molar-refractivity contribution < 1.29 is 4.98 Å². The lowest BCUT2D eigenvalue weighted by atomic mass is 10.00. The van der Waals surface area contributed by atoms with Crippen LogP contribution in [0.2, 0.25) is 0 Å². The highest BCUT2D eigenvalue weighted by Gasteiger charge is 2.10. The summed E-state index contributed by atoms with van der Waals surface area (Å²) in [4.78, 5) is 3.46. The Bertz CT molecular complexity index is 1200. The third-order valence-electron chi connectivity index (χ3n) is 4.74. The molecule has 0 aliphatic carbocycles. The highest BCUT2D eigenvalue weighted by atomic mass is 14.7. The fourth-order valence-corrected chi connectivity index (χ4v) is 3.46. The van der Waals surface area contributed by atoms with E-state index in [2.05, 4.69) is 96.1 Å². The second kappa shape index (κ2) is 5.17. The smallest absolute Gasteiger partial charge is 0.210 e. The van der Waals surface area contributed by atoms with Crippen LogP contribution in [0.3, 0.4) is 0 Å². The summed E-state index contributed by atoms with van der Waals surface area (Å²) in [6.07, 6.45) is 2.10. The van der Waals surface area contributed by atoms with Crippen molar-refractivity contribution in [1.29, 1.82) is 0 Å². The Balaban J connectivity index is 1.77. The Morgan fingerprint density at radius 3 is 2.12 bits per heavy atom. The first-order chi connectivity index (χ1) is 11.9. The summed E-state index contributed by atoms with van der Waals surface area (Å²) < 4.78 is 0. The monoisotopic (exact) mass is 306 g/mol. The number of H-pyrrole nitrogens is 1. The van der Waals surface area contributed by atoms with E-state index in [4.69, 9.17) is 0 Å². The molecule has 0 saturated carbocycles. The molecule has 0 fully saturated rings. The molecule has 1 heterocycles. The van der Waals surface area contributed by atoms with Gasteiger partial charge in [-0.2, -0.15) is 0 Å². The van der Waals surface area contributed by atoms with E-state index in [9.17, 15) is 0 Å². The van der Waals surface area contributed by atoms with Crippen molar-refractivity contribution in [2.75, 3.05) is 0 Å². The summed E-state index contributed by atoms with van der Waals surface area (Å²) >= 11 is 0. The molecule has 0 aliphatic heterocycles. The van der Waals surface area contributed by atoms with Crippen LogP contribution in [-0.4, -0.2) is 0 Å². The van der Waals surface area contributed by atoms with Gasteiger partial charge >= 0.3 is 0 Å². The molecule has 1 N–H and O–H groups in total. The molecule has 0 spiro atoms. The van der Waals surface area contributed by atoms with E-state index in [0.29, 0.717) is 0 Å². The van der Waals surface area contributed by atoms with E-state index in [0.717, 1.165) is 5.69 Å². The molecule has 0 atom stereocenters. The number of pyridine rings is 1. The van der Waals surface area contributed by atoms with E-state index in [1.807, 2.05) is 0 Å². The van der Waals surface area contributed by atoms with Crippen LogP contribution < -0.4 is 4.98 Å². The minimum Gasteiger partial charge on any atom is -0.210 e. The Labute approximate surface area is 140 Å². The number of rotatable bonds is 1. The molecule has 1 aromatic heterocycles. The number of aromatic nitrogens is 1. The first-order valence-electron chi connectivity index (χ1n) is 8.21. The number of nitrogens with one attached hydrogen (secondary N) is 1. The molecule has 5 aromatic rings. The van der Waals surface area contributed by atoms with Crippen LogP contribution in [0.1, 0.15) is 0 Å². The molecule has 1 nitrogen and oxygen atoms in total. The average molecular weight is 306 g/mol. The van der Waals surface area contributed by atoms with Crippen LogP contribution in [0.15, 0.2) is 91.1 Å². The summed E-state index contributed by atoms with van der Waals surface area (Å²) in [5.41, 5.74) is 2.35. The normalized spacial score (nSPS) is 11.3. The van der Waals surface area contributed by atoms with Gasteiger partial charge in [0.1, 0.15) is 0 Å². The van der Waals surface area contributed by atoms with Crippen molar-refractivity contribution in [2.24, 2.45) is 0 Å². The predicted octanol–water partition coefficient (Wildman–Crippen LogP) is 5.63. The van der Waals surface area contributed by atoms with Crippen molar-refractivity contribution in [3.8, 4) is 11.3 Å². The molecule has 0 unspecified atom stereocenters. The van der Waals surface area contributed by atoms with Gasteiger partial charge in [0.25, 0.3) is 0 Å². The van der Waals surface area contributed by atoms with Gasteiger partial charge in [0.05, 0.1) is 0 Å². The summed E-state index contributed by atoms with van der Waals surface area (Å²) in [6, 6.07) is 30.3. The van der Waals surface area contributed by atoms with Crippen LogP contribution in [0.25, 0.3) is 43.6 Å². The number of aromatic amines is 1. The lowest BCUT2D eigenvalue weighted by Gasteiger charge is -2.04. The molecule has 0 amide bonds. The first kappa shape index (κ1) is 13.3. The van der Waals surface area contributed by atoms with Crippen LogP contribution >= 0.6 is 0 Å². The first-order valence-corrected chi connectivity index (χ1v) is 8.21. The zero-order valence-corrected chi connectivity index (χ0v) is 13.2. The largest absolute Gasteiger partial charge is 0.211 e. The zero-order valence-electron chi connectivity index (χ0n) is 13.2. The Hall–Kier alpha value is -3.19. The van der Waals surface area contributed by atoms with Gasteiger partial charge in [-0.15, -0.1) is 0 Å². The number of hydrogen-bond donors (Lipinski definition) is 0. The fraction of sp³-hybridized carbons (Fsp3) is 0. The fourth-order valence-electron chi connectivity index (χ4n) is 3.46. The van der Waals surface area contributed by atoms with Crippen molar-refractivity contribution in [2.45, 2.75) is 0 Å². The van der Waals surface area contributed by atoms with Gasteiger partial charge in [-0.25, -0.2) is 4.98 Å².